The van der Waals surface area contributed by atoms with Gasteiger partial charge in [-0.05, 0) is 48.7 Å². The van der Waals surface area contributed by atoms with Crippen molar-refractivity contribution in [3.8, 4) is 0 Å². The van der Waals surface area contributed by atoms with Crippen LogP contribution in [0.2, 0.25) is 5.02 Å². The van der Waals surface area contributed by atoms with E-state index in [2.05, 4.69) is 12.2 Å². The van der Waals surface area contributed by atoms with Crippen molar-refractivity contribution in [2.75, 3.05) is 0 Å². The van der Waals surface area contributed by atoms with Crippen LogP contribution in [0.25, 0.3) is 0 Å². The Bertz CT molecular complexity index is 551. The van der Waals surface area contributed by atoms with Gasteiger partial charge in [0.1, 0.15) is 5.82 Å². The second kappa shape index (κ2) is 6.18. The molecule has 0 bridgehead atoms. The van der Waals surface area contributed by atoms with E-state index in [9.17, 15) is 4.39 Å². The van der Waals surface area contributed by atoms with Crippen molar-refractivity contribution >= 4 is 11.6 Å². The summed E-state index contributed by atoms with van der Waals surface area (Å²) in [6.45, 7) is 4.48. The van der Waals surface area contributed by atoms with Gasteiger partial charge in [-0.25, -0.2) is 4.39 Å². The second-order valence-electron chi connectivity index (χ2n) is 4.74. The summed E-state index contributed by atoms with van der Waals surface area (Å²) in [6, 6.07) is 13.3. The first-order valence-electron chi connectivity index (χ1n) is 6.30. The topological polar surface area (TPSA) is 12.0 Å². The Morgan fingerprint density at radius 2 is 1.84 bits per heavy atom. The van der Waals surface area contributed by atoms with E-state index in [1.54, 1.807) is 19.1 Å². The lowest BCUT2D eigenvalue weighted by molar-refractivity contribution is 0.568. The van der Waals surface area contributed by atoms with E-state index in [0.29, 0.717) is 12.1 Å². The van der Waals surface area contributed by atoms with Crippen molar-refractivity contribution in [2.45, 2.75) is 26.4 Å². The molecular weight excluding hydrogens is 261 g/mol. The Balaban J connectivity index is 1.98. The van der Waals surface area contributed by atoms with E-state index >= 15 is 0 Å². The number of benzene rings is 2. The highest BCUT2D eigenvalue weighted by Gasteiger charge is 2.05. The van der Waals surface area contributed by atoms with Gasteiger partial charge in [-0.3, -0.25) is 0 Å². The summed E-state index contributed by atoms with van der Waals surface area (Å²) in [5.74, 6) is -0.154. The maximum absolute atomic E-state index is 13.4. The van der Waals surface area contributed by atoms with Crippen LogP contribution in [-0.2, 0) is 6.54 Å². The average molecular weight is 278 g/mol. The third-order valence-corrected chi connectivity index (χ3v) is 3.47. The summed E-state index contributed by atoms with van der Waals surface area (Å²) in [5, 5.41) is 4.10. The van der Waals surface area contributed by atoms with E-state index in [-0.39, 0.29) is 11.9 Å². The van der Waals surface area contributed by atoms with Gasteiger partial charge in [-0.15, -0.1) is 0 Å². The first kappa shape index (κ1) is 14.0. The number of hydrogen-bond acceptors (Lipinski definition) is 1. The molecule has 1 atom stereocenters. The lowest BCUT2D eigenvalue weighted by Crippen LogP contribution is -2.18. The molecule has 0 aliphatic rings. The molecule has 0 heterocycles. The van der Waals surface area contributed by atoms with E-state index < -0.39 is 0 Å². The third kappa shape index (κ3) is 3.79. The highest BCUT2D eigenvalue weighted by molar-refractivity contribution is 6.30. The first-order chi connectivity index (χ1) is 9.06. The van der Waals surface area contributed by atoms with Crippen LogP contribution in [0, 0.1) is 12.7 Å². The monoisotopic (exact) mass is 277 g/mol. The Hall–Kier alpha value is -1.38. The van der Waals surface area contributed by atoms with Gasteiger partial charge in [0, 0.05) is 17.6 Å². The van der Waals surface area contributed by atoms with Crippen LogP contribution in [0.3, 0.4) is 0 Å². The number of aryl methyl sites for hydroxylation is 1. The van der Waals surface area contributed by atoms with E-state index in [1.807, 2.05) is 30.3 Å². The zero-order valence-electron chi connectivity index (χ0n) is 11.1. The summed E-state index contributed by atoms with van der Waals surface area (Å²) in [7, 11) is 0. The number of hydrogen-bond donors (Lipinski definition) is 1. The molecule has 0 aromatic heterocycles. The largest absolute Gasteiger partial charge is 0.306 e. The number of nitrogens with one attached hydrogen (secondary N) is 1. The Morgan fingerprint density at radius 3 is 2.47 bits per heavy atom. The molecule has 0 saturated carbocycles. The highest BCUT2D eigenvalue weighted by Crippen LogP contribution is 2.17. The van der Waals surface area contributed by atoms with Gasteiger partial charge in [-0.2, -0.15) is 0 Å². The Labute approximate surface area is 118 Å². The van der Waals surface area contributed by atoms with Crippen molar-refractivity contribution in [3.63, 3.8) is 0 Å². The molecule has 1 nitrogen and oxygen atoms in total. The zero-order chi connectivity index (χ0) is 13.8. The minimum atomic E-state index is -0.154. The molecule has 0 radical (unpaired) electrons. The summed E-state index contributed by atoms with van der Waals surface area (Å²) in [6.07, 6.45) is 0. The van der Waals surface area contributed by atoms with Crippen LogP contribution < -0.4 is 5.32 Å². The molecule has 0 spiro atoms. The lowest BCUT2D eigenvalue weighted by Gasteiger charge is -2.14. The van der Waals surface area contributed by atoms with Crippen molar-refractivity contribution in [2.24, 2.45) is 0 Å². The lowest BCUT2D eigenvalue weighted by atomic mass is 10.1. The maximum atomic E-state index is 13.4. The van der Waals surface area contributed by atoms with E-state index in [1.165, 1.54) is 0 Å². The fraction of sp³-hybridized carbons (Fsp3) is 0.250. The minimum Gasteiger partial charge on any atom is -0.306 e. The third-order valence-electron chi connectivity index (χ3n) is 3.22. The molecule has 3 heteroatoms. The Morgan fingerprint density at radius 1 is 1.16 bits per heavy atom. The van der Waals surface area contributed by atoms with Crippen LogP contribution in [0.4, 0.5) is 4.39 Å². The van der Waals surface area contributed by atoms with Gasteiger partial charge >= 0.3 is 0 Å². The minimum absolute atomic E-state index is 0.154. The highest BCUT2D eigenvalue weighted by atomic mass is 35.5. The van der Waals surface area contributed by atoms with Crippen LogP contribution >= 0.6 is 11.6 Å². The molecule has 0 aliphatic carbocycles. The normalized spacial score (nSPS) is 12.4. The molecule has 0 aliphatic heterocycles. The molecule has 2 aromatic rings. The molecule has 0 fully saturated rings. The van der Waals surface area contributed by atoms with Crippen LogP contribution in [0.5, 0.6) is 0 Å². The zero-order valence-corrected chi connectivity index (χ0v) is 11.8. The maximum Gasteiger partial charge on any atom is 0.126 e. The predicted octanol–water partition coefficient (Wildman–Crippen LogP) is 4.64. The van der Waals surface area contributed by atoms with Gasteiger partial charge in [0.05, 0.1) is 0 Å². The Kier molecular flexibility index (Phi) is 4.56. The molecular formula is C16H17ClFN. The van der Waals surface area contributed by atoms with Crippen LogP contribution in [-0.4, -0.2) is 0 Å². The van der Waals surface area contributed by atoms with Crippen molar-refractivity contribution in [1.82, 2.24) is 5.32 Å². The molecule has 0 unspecified atom stereocenters. The fourth-order valence-electron chi connectivity index (χ4n) is 1.89. The van der Waals surface area contributed by atoms with Gasteiger partial charge in [0.25, 0.3) is 0 Å². The van der Waals surface area contributed by atoms with Crippen molar-refractivity contribution in [1.29, 1.82) is 0 Å². The van der Waals surface area contributed by atoms with E-state index in [4.69, 9.17) is 11.6 Å². The molecule has 100 valence electrons. The summed E-state index contributed by atoms with van der Waals surface area (Å²) < 4.78 is 13.4. The molecule has 2 aromatic carbocycles. The summed E-state index contributed by atoms with van der Waals surface area (Å²) >= 11 is 5.86. The van der Waals surface area contributed by atoms with Gasteiger partial charge in [0.15, 0.2) is 0 Å². The van der Waals surface area contributed by atoms with Crippen LogP contribution in [0.1, 0.15) is 29.7 Å². The van der Waals surface area contributed by atoms with Crippen LogP contribution in [0.15, 0.2) is 42.5 Å². The van der Waals surface area contributed by atoms with Gasteiger partial charge < -0.3 is 5.32 Å². The van der Waals surface area contributed by atoms with Gasteiger partial charge in [0.2, 0.25) is 0 Å². The summed E-state index contributed by atoms with van der Waals surface area (Å²) in [4.78, 5) is 0. The molecule has 19 heavy (non-hydrogen) atoms. The number of rotatable bonds is 4. The smallest absolute Gasteiger partial charge is 0.126 e. The van der Waals surface area contributed by atoms with Crippen molar-refractivity contribution < 1.29 is 4.39 Å². The number of halogens is 2. The first-order valence-corrected chi connectivity index (χ1v) is 6.68. The van der Waals surface area contributed by atoms with Gasteiger partial charge in [-0.1, -0.05) is 35.9 Å². The molecule has 0 saturated heterocycles. The van der Waals surface area contributed by atoms with E-state index in [0.717, 1.165) is 16.1 Å². The quantitative estimate of drug-likeness (QED) is 0.858. The molecule has 0 amide bonds. The molecule has 1 N–H and O–H groups in total. The SMILES string of the molecule is Cc1ccc(CN[C@H](C)c2ccc(Cl)cc2)cc1F. The predicted molar refractivity (Wildman–Crippen MR) is 77.8 cm³/mol. The van der Waals surface area contributed by atoms with Crippen molar-refractivity contribution in [3.05, 3.63) is 70.0 Å². The standard InChI is InChI=1S/C16H17ClFN/c1-11-3-4-13(9-16(11)18)10-19-12(2)14-5-7-15(17)8-6-14/h3-9,12,19H,10H2,1-2H3/t12-/m1/s1. The molecule has 2 rings (SSSR count). The fourth-order valence-corrected chi connectivity index (χ4v) is 2.01. The average Bonchev–Trinajstić information content (AvgIpc) is 2.40. The second-order valence-corrected chi connectivity index (χ2v) is 5.17. The summed E-state index contributed by atoms with van der Waals surface area (Å²) in [5.41, 5.74) is 2.79.